The van der Waals surface area contributed by atoms with Gasteiger partial charge in [-0.05, 0) is 31.9 Å². The average molecular weight is 286 g/mol. The lowest BCUT2D eigenvalue weighted by Crippen LogP contribution is -2.51. The first-order valence-electron chi connectivity index (χ1n) is 6.91. The smallest absolute Gasteiger partial charge is 0.320 e. The molecular weight excluding hydrogens is 264 g/mol. The second kappa shape index (κ2) is 6.50. The number of aliphatic carboxylic acids is 1. The molecule has 2 heterocycles. The third-order valence-corrected chi connectivity index (χ3v) is 5.23. The van der Waals surface area contributed by atoms with Crippen LogP contribution in [0.4, 0.5) is 4.79 Å². The van der Waals surface area contributed by atoms with E-state index in [4.69, 9.17) is 5.11 Å². The van der Waals surface area contributed by atoms with E-state index in [1.165, 1.54) is 0 Å². The van der Waals surface area contributed by atoms with Crippen molar-refractivity contribution in [3.05, 3.63) is 0 Å². The van der Waals surface area contributed by atoms with Crippen molar-refractivity contribution >= 4 is 23.8 Å². The van der Waals surface area contributed by atoms with E-state index in [-0.39, 0.29) is 11.9 Å². The second-order valence-corrected chi connectivity index (χ2v) is 6.47. The molecule has 0 saturated carbocycles. The monoisotopic (exact) mass is 286 g/mol. The molecule has 2 aliphatic heterocycles. The lowest BCUT2D eigenvalue weighted by atomic mass is 9.98. The van der Waals surface area contributed by atoms with Gasteiger partial charge in [-0.1, -0.05) is 0 Å². The highest BCUT2D eigenvalue weighted by atomic mass is 32.2. The molecule has 2 aliphatic rings. The summed E-state index contributed by atoms with van der Waals surface area (Å²) in [6, 6.07) is 0.0329. The van der Waals surface area contributed by atoms with E-state index in [1.54, 1.807) is 4.90 Å². The van der Waals surface area contributed by atoms with Crippen molar-refractivity contribution < 1.29 is 14.7 Å². The van der Waals surface area contributed by atoms with Crippen LogP contribution in [-0.4, -0.2) is 64.6 Å². The minimum Gasteiger partial charge on any atom is -0.481 e. The number of rotatable bonds is 2. The molecule has 2 rings (SSSR count). The summed E-state index contributed by atoms with van der Waals surface area (Å²) in [6.45, 7) is 2.68. The number of amides is 2. The van der Waals surface area contributed by atoms with Gasteiger partial charge in [-0.25, -0.2) is 4.79 Å². The highest BCUT2D eigenvalue weighted by Crippen LogP contribution is 2.23. The molecule has 0 radical (unpaired) electrons. The highest BCUT2D eigenvalue weighted by Gasteiger charge is 2.31. The summed E-state index contributed by atoms with van der Waals surface area (Å²) in [5, 5.41) is 9.72. The van der Waals surface area contributed by atoms with E-state index in [0.717, 1.165) is 32.4 Å². The number of carboxylic acid groups (broad SMARTS) is 1. The summed E-state index contributed by atoms with van der Waals surface area (Å²) in [7, 11) is 0. The Kier molecular flexibility index (Phi) is 4.96. The SMILES string of the molecule is CSC1CCN(C(=O)N2CCC[C@@H](C(=O)O)C2)CC1. The Morgan fingerprint density at radius 1 is 1.11 bits per heavy atom. The van der Waals surface area contributed by atoms with E-state index in [9.17, 15) is 9.59 Å². The van der Waals surface area contributed by atoms with Gasteiger partial charge in [0, 0.05) is 31.4 Å². The van der Waals surface area contributed by atoms with Crippen molar-refractivity contribution in [1.29, 1.82) is 0 Å². The predicted molar refractivity (Wildman–Crippen MR) is 75.4 cm³/mol. The lowest BCUT2D eigenvalue weighted by molar-refractivity contribution is -0.143. The van der Waals surface area contributed by atoms with E-state index in [2.05, 4.69) is 6.26 Å². The largest absolute Gasteiger partial charge is 0.481 e. The van der Waals surface area contributed by atoms with Gasteiger partial charge in [-0.3, -0.25) is 4.79 Å². The number of thioether (sulfide) groups is 1. The molecule has 0 spiro atoms. The quantitative estimate of drug-likeness (QED) is 0.840. The number of hydrogen-bond acceptors (Lipinski definition) is 3. The van der Waals surface area contributed by atoms with Crippen molar-refractivity contribution in [2.45, 2.75) is 30.9 Å². The van der Waals surface area contributed by atoms with Crippen LogP contribution in [0.3, 0.4) is 0 Å². The van der Waals surface area contributed by atoms with Crippen molar-refractivity contribution in [3.63, 3.8) is 0 Å². The minimum atomic E-state index is -0.779. The van der Waals surface area contributed by atoms with Gasteiger partial charge in [0.25, 0.3) is 0 Å². The van der Waals surface area contributed by atoms with Crippen LogP contribution in [-0.2, 0) is 4.79 Å². The fraction of sp³-hybridized carbons (Fsp3) is 0.846. The number of carbonyl (C=O) groups is 2. The zero-order chi connectivity index (χ0) is 13.8. The number of nitrogens with zero attached hydrogens (tertiary/aromatic N) is 2. The van der Waals surface area contributed by atoms with Crippen LogP contribution in [0.25, 0.3) is 0 Å². The molecule has 6 heteroatoms. The third kappa shape index (κ3) is 3.55. The molecule has 0 aromatic rings. The van der Waals surface area contributed by atoms with E-state index in [0.29, 0.717) is 24.8 Å². The highest BCUT2D eigenvalue weighted by molar-refractivity contribution is 7.99. The van der Waals surface area contributed by atoms with Crippen LogP contribution in [0, 0.1) is 5.92 Å². The van der Waals surface area contributed by atoms with Crippen molar-refractivity contribution in [3.8, 4) is 0 Å². The molecule has 1 N–H and O–H groups in total. The van der Waals surface area contributed by atoms with Gasteiger partial charge >= 0.3 is 12.0 Å². The maximum Gasteiger partial charge on any atom is 0.320 e. The molecule has 0 aromatic carbocycles. The molecule has 1 atom stereocenters. The summed E-state index contributed by atoms with van der Waals surface area (Å²) in [5.41, 5.74) is 0. The summed E-state index contributed by atoms with van der Waals surface area (Å²) in [6.07, 6.45) is 5.69. The maximum absolute atomic E-state index is 12.4. The van der Waals surface area contributed by atoms with Gasteiger partial charge in [0.2, 0.25) is 0 Å². The molecule has 5 nitrogen and oxygen atoms in total. The first-order chi connectivity index (χ1) is 9.11. The fourth-order valence-electron chi connectivity index (χ4n) is 2.84. The number of urea groups is 1. The van der Waals surface area contributed by atoms with Gasteiger partial charge in [0.1, 0.15) is 0 Å². The topological polar surface area (TPSA) is 60.9 Å². The van der Waals surface area contributed by atoms with Gasteiger partial charge in [-0.2, -0.15) is 11.8 Å². The van der Waals surface area contributed by atoms with Crippen molar-refractivity contribution in [1.82, 2.24) is 9.80 Å². The zero-order valence-electron chi connectivity index (χ0n) is 11.4. The Bertz CT molecular complexity index is 343. The lowest BCUT2D eigenvalue weighted by Gasteiger charge is -2.38. The molecule has 2 amide bonds. The van der Waals surface area contributed by atoms with Crippen molar-refractivity contribution in [2.24, 2.45) is 5.92 Å². The zero-order valence-corrected chi connectivity index (χ0v) is 12.2. The Labute approximate surface area is 118 Å². The van der Waals surface area contributed by atoms with Gasteiger partial charge in [0.05, 0.1) is 5.92 Å². The Hall–Kier alpha value is -0.910. The molecule has 0 bridgehead atoms. The average Bonchev–Trinajstić information content (AvgIpc) is 2.46. The van der Waals surface area contributed by atoms with Crippen LogP contribution >= 0.6 is 11.8 Å². The predicted octanol–water partition coefficient (Wildman–Crippen LogP) is 1.73. The maximum atomic E-state index is 12.4. The number of carboxylic acids is 1. The molecular formula is C13H22N2O3S. The number of hydrogen-bond donors (Lipinski definition) is 1. The summed E-state index contributed by atoms with van der Waals surface area (Å²) in [4.78, 5) is 27.0. The first-order valence-corrected chi connectivity index (χ1v) is 8.20. The standard InChI is InChI=1S/C13H22N2O3S/c1-19-11-4-7-14(8-5-11)13(18)15-6-2-3-10(9-15)12(16)17/h10-11H,2-9H2,1H3,(H,16,17)/t10-/m1/s1. The normalized spacial score (nSPS) is 25.4. The van der Waals surface area contributed by atoms with Gasteiger partial charge < -0.3 is 14.9 Å². The van der Waals surface area contributed by atoms with Gasteiger partial charge in [0.15, 0.2) is 0 Å². The minimum absolute atomic E-state index is 0.0329. The van der Waals surface area contributed by atoms with E-state index >= 15 is 0 Å². The molecule has 0 aliphatic carbocycles. The van der Waals surface area contributed by atoms with Crippen LogP contribution in [0.2, 0.25) is 0 Å². The number of piperidine rings is 2. The summed E-state index contributed by atoms with van der Waals surface area (Å²) < 4.78 is 0. The summed E-state index contributed by atoms with van der Waals surface area (Å²) >= 11 is 1.87. The molecule has 19 heavy (non-hydrogen) atoms. The van der Waals surface area contributed by atoms with E-state index < -0.39 is 5.97 Å². The molecule has 0 unspecified atom stereocenters. The molecule has 2 fully saturated rings. The van der Waals surface area contributed by atoms with Gasteiger partial charge in [-0.15, -0.1) is 0 Å². The molecule has 2 saturated heterocycles. The second-order valence-electron chi connectivity index (χ2n) is 5.33. The van der Waals surface area contributed by atoms with Crippen LogP contribution in [0.5, 0.6) is 0 Å². The number of likely N-dealkylation sites (tertiary alicyclic amines) is 2. The van der Waals surface area contributed by atoms with Crippen LogP contribution in [0.15, 0.2) is 0 Å². The first kappa shape index (κ1) is 14.5. The van der Waals surface area contributed by atoms with Crippen LogP contribution < -0.4 is 0 Å². The summed E-state index contributed by atoms with van der Waals surface area (Å²) in [5.74, 6) is -1.17. The van der Waals surface area contributed by atoms with E-state index in [1.807, 2.05) is 16.7 Å². The van der Waals surface area contributed by atoms with Crippen molar-refractivity contribution in [2.75, 3.05) is 32.4 Å². The third-order valence-electron chi connectivity index (χ3n) is 4.09. The Balaban J connectivity index is 1.87. The van der Waals surface area contributed by atoms with Crippen LogP contribution in [0.1, 0.15) is 25.7 Å². The number of carbonyl (C=O) groups excluding carboxylic acids is 1. The Morgan fingerprint density at radius 3 is 2.37 bits per heavy atom. The molecule has 108 valence electrons. The fourth-order valence-corrected chi connectivity index (χ4v) is 3.52. The Morgan fingerprint density at radius 2 is 1.79 bits per heavy atom. The molecule has 0 aromatic heterocycles.